The van der Waals surface area contributed by atoms with Crippen molar-refractivity contribution in [1.29, 1.82) is 10.5 Å². The first-order chi connectivity index (χ1) is 6.19. The molecule has 0 bridgehead atoms. The van der Waals surface area contributed by atoms with Crippen molar-refractivity contribution in [1.82, 2.24) is 0 Å². The van der Waals surface area contributed by atoms with Crippen molar-refractivity contribution in [2.75, 3.05) is 0 Å². The maximum atomic E-state index is 12.9. The van der Waals surface area contributed by atoms with Crippen molar-refractivity contribution in [2.45, 2.75) is 4.90 Å². The van der Waals surface area contributed by atoms with E-state index in [1.165, 1.54) is 6.07 Å². The zero-order valence-electron chi connectivity index (χ0n) is 6.21. The number of thiocyanates is 1. The number of rotatable bonds is 1. The molecule has 0 aliphatic rings. The molecule has 0 aliphatic heterocycles. The minimum atomic E-state index is -0.818. The van der Waals surface area contributed by atoms with Gasteiger partial charge in [-0.25, -0.2) is 8.78 Å². The van der Waals surface area contributed by atoms with Crippen LogP contribution in [-0.2, 0) is 0 Å². The Morgan fingerprint density at radius 3 is 2.38 bits per heavy atom. The van der Waals surface area contributed by atoms with Crippen LogP contribution in [0.3, 0.4) is 0 Å². The zero-order valence-corrected chi connectivity index (χ0v) is 7.03. The molecule has 0 N–H and O–H groups in total. The summed E-state index contributed by atoms with van der Waals surface area (Å²) in [5.74, 6) is -1.58. The minimum absolute atomic E-state index is 0.112. The summed E-state index contributed by atoms with van der Waals surface area (Å²) in [5.41, 5.74) is -0.361. The molecule has 0 atom stereocenters. The first kappa shape index (κ1) is 9.50. The normalized spacial score (nSPS) is 8.92. The van der Waals surface area contributed by atoms with Crippen molar-refractivity contribution in [2.24, 2.45) is 0 Å². The lowest BCUT2D eigenvalue weighted by Gasteiger charge is -1.98. The Labute approximate surface area is 77.4 Å². The summed E-state index contributed by atoms with van der Waals surface area (Å²) in [7, 11) is 0. The molecule has 0 amide bonds. The summed E-state index contributed by atoms with van der Waals surface area (Å²) in [6, 6.07) is 3.11. The monoisotopic (exact) mass is 196 g/mol. The molecule has 13 heavy (non-hydrogen) atoms. The van der Waals surface area contributed by atoms with Crippen LogP contribution in [0.5, 0.6) is 0 Å². The standard InChI is InChI=1S/C8H2F2N2S/c9-6-2-8(13-4-12)7(10)1-5(6)3-11/h1-2H. The third kappa shape index (κ3) is 1.95. The van der Waals surface area contributed by atoms with Gasteiger partial charge in [-0.15, -0.1) is 0 Å². The number of nitrogens with zero attached hydrogens (tertiary/aromatic N) is 2. The third-order valence-corrected chi connectivity index (χ3v) is 1.92. The Kier molecular flexibility index (Phi) is 2.84. The lowest BCUT2D eigenvalue weighted by Crippen LogP contribution is -1.88. The minimum Gasteiger partial charge on any atom is -0.206 e. The molecule has 0 unspecified atom stereocenters. The van der Waals surface area contributed by atoms with Gasteiger partial charge in [-0.3, -0.25) is 0 Å². The number of nitriles is 2. The van der Waals surface area contributed by atoms with Crippen LogP contribution in [0.15, 0.2) is 17.0 Å². The van der Waals surface area contributed by atoms with Crippen LogP contribution in [-0.4, -0.2) is 0 Å². The van der Waals surface area contributed by atoms with Gasteiger partial charge in [-0.05, 0) is 23.9 Å². The molecule has 0 saturated carbocycles. The van der Waals surface area contributed by atoms with E-state index in [0.29, 0.717) is 11.8 Å². The van der Waals surface area contributed by atoms with Crippen LogP contribution in [0.1, 0.15) is 5.56 Å². The SMILES string of the molecule is N#CSc1cc(F)c(C#N)cc1F. The van der Waals surface area contributed by atoms with Gasteiger partial charge in [0.05, 0.1) is 10.5 Å². The van der Waals surface area contributed by atoms with E-state index in [-0.39, 0.29) is 10.5 Å². The van der Waals surface area contributed by atoms with E-state index in [1.54, 1.807) is 5.40 Å². The lowest BCUT2D eigenvalue weighted by atomic mass is 10.2. The smallest absolute Gasteiger partial charge is 0.142 e. The van der Waals surface area contributed by atoms with E-state index in [4.69, 9.17) is 10.5 Å². The lowest BCUT2D eigenvalue weighted by molar-refractivity contribution is 0.575. The average molecular weight is 196 g/mol. The summed E-state index contributed by atoms with van der Waals surface area (Å²) in [6.45, 7) is 0. The molecule has 1 aromatic carbocycles. The molecule has 0 saturated heterocycles. The first-order valence-electron chi connectivity index (χ1n) is 3.14. The van der Waals surface area contributed by atoms with Crippen molar-refractivity contribution < 1.29 is 8.78 Å². The van der Waals surface area contributed by atoms with Gasteiger partial charge in [0.1, 0.15) is 23.1 Å². The summed E-state index contributed by atoms with van der Waals surface area (Å²) < 4.78 is 25.8. The Morgan fingerprint density at radius 2 is 1.85 bits per heavy atom. The molecule has 0 aliphatic carbocycles. The average Bonchev–Trinajstić information content (AvgIpc) is 2.11. The van der Waals surface area contributed by atoms with Gasteiger partial charge < -0.3 is 0 Å². The van der Waals surface area contributed by atoms with Crippen molar-refractivity contribution >= 4 is 11.8 Å². The van der Waals surface area contributed by atoms with E-state index in [0.717, 1.165) is 12.1 Å². The number of hydrogen-bond acceptors (Lipinski definition) is 3. The summed E-state index contributed by atoms with van der Waals surface area (Å²) >= 11 is 0.516. The van der Waals surface area contributed by atoms with Crippen molar-refractivity contribution in [3.63, 3.8) is 0 Å². The van der Waals surface area contributed by atoms with Crippen LogP contribution >= 0.6 is 11.8 Å². The highest BCUT2D eigenvalue weighted by Gasteiger charge is 2.09. The van der Waals surface area contributed by atoms with E-state index in [1.807, 2.05) is 0 Å². The van der Waals surface area contributed by atoms with E-state index in [2.05, 4.69) is 0 Å². The van der Waals surface area contributed by atoms with E-state index < -0.39 is 11.6 Å². The predicted molar refractivity (Wildman–Crippen MR) is 42.5 cm³/mol. The molecule has 0 fully saturated rings. The largest absolute Gasteiger partial charge is 0.206 e. The highest BCUT2D eigenvalue weighted by molar-refractivity contribution is 8.03. The number of hydrogen-bond donors (Lipinski definition) is 0. The molecule has 0 spiro atoms. The van der Waals surface area contributed by atoms with Gasteiger partial charge in [-0.2, -0.15) is 10.5 Å². The van der Waals surface area contributed by atoms with Gasteiger partial charge in [0.25, 0.3) is 0 Å². The molecule has 0 aromatic heterocycles. The van der Waals surface area contributed by atoms with Crippen LogP contribution in [0.2, 0.25) is 0 Å². The molecule has 0 heterocycles. The summed E-state index contributed by atoms with van der Waals surface area (Å²) in [5, 5.41) is 18.2. The van der Waals surface area contributed by atoms with Gasteiger partial charge in [0, 0.05) is 0 Å². The third-order valence-electron chi connectivity index (χ3n) is 1.30. The van der Waals surface area contributed by atoms with Gasteiger partial charge in [0.15, 0.2) is 0 Å². The van der Waals surface area contributed by atoms with Gasteiger partial charge in [0.2, 0.25) is 0 Å². The molecular formula is C8H2F2N2S. The van der Waals surface area contributed by atoms with Gasteiger partial charge in [-0.1, -0.05) is 0 Å². The fourth-order valence-electron chi connectivity index (χ4n) is 0.742. The molecule has 64 valence electrons. The molecule has 1 rings (SSSR count). The van der Waals surface area contributed by atoms with Crippen LogP contribution in [0.25, 0.3) is 0 Å². The maximum Gasteiger partial charge on any atom is 0.142 e. The van der Waals surface area contributed by atoms with E-state index >= 15 is 0 Å². The molecule has 0 radical (unpaired) electrons. The second-order valence-electron chi connectivity index (χ2n) is 2.07. The van der Waals surface area contributed by atoms with Crippen LogP contribution < -0.4 is 0 Å². The second-order valence-corrected chi connectivity index (χ2v) is 2.89. The van der Waals surface area contributed by atoms with Crippen molar-refractivity contribution in [3.8, 4) is 11.5 Å². The van der Waals surface area contributed by atoms with Crippen LogP contribution in [0, 0.1) is 33.6 Å². The molecular weight excluding hydrogens is 194 g/mol. The Morgan fingerprint density at radius 1 is 1.15 bits per heavy atom. The second kappa shape index (κ2) is 3.88. The number of halogens is 2. The maximum absolute atomic E-state index is 12.9. The Hall–Kier alpha value is -1.59. The van der Waals surface area contributed by atoms with Crippen LogP contribution in [0.4, 0.5) is 8.78 Å². The summed E-state index contributed by atoms with van der Waals surface area (Å²) in [6.07, 6.45) is 0. The fourth-order valence-corrected chi connectivity index (χ4v) is 1.16. The Balaban J connectivity index is 3.24. The van der Waals surface area contributed by atoms with Crippen molar-refractivity contribution in [3.05, 3.63) is 29.3 Å². The topological polar surface area (TPSA) is 47.6 Å². The highest BCUT2D eigenvalue weighted by atomic mass is 32.2. The summed E-state index contributed by atoms with van der Waals surface area (Å²) in [4.78, 5) is -0.112. The number of benzene rings is 1. The Bertz CT molecular complexity index is 417. The number of thioether (sulfide) groups is 1. The highest BCUT2D eigenvalue weighted by Crippen LogP contribution is 2.23. The zero-order chi connectivity index (χ0) is 9.84. The van der Waals surface area contributed by atoms with E-state index in [9.17, 15) is 8.78 Å². The fraction of sp³-hybridized carbons (Fsp3) is 0. The molecule has 1 aromatic rings. The van der Waals surface area contributed by atoms with Gasteiger partial charge >= 0.3 is 0 Å². The predicted octanol–water partition coefficient (Wildman–Crippen LogP) is 2.41. The first-order valence-corrected chi connectivity index (χ1v) is 3.95. The quantitative estimate of drug-likeness (QED) is 0.511. The molecule has 2 nitrogen and oxygen atoms in total. The molecule has 5 heteroatoms.